The third-order valence-electron chi connectivity index (χ3n) is 5.60. The molecule has 216 valence electrons. The number of carbonyl (C=O) groups excluding carboxylic acids is 1. The fraction of sp³-hybridized carbons (Fsp3) is 0.360. The molecule has 3 rings (SSSR count). The van der Waals surface area contributed by atoms with Gasteiger partial charge in [0.15, 0.2) is 0 Å². The summed E-state index contributed by atoms with van der Waals surface area (Å²) in [5.74, 6) is -1.13. The smallest absolute Gasteiger partial charge is 0.395 e. The highest BCUT2D eigenvalue weighted by molar-refractivity contribution is 7.92. The van der Waals surface area contributed by atoms with E-state index in [1.807, 2.05) is 6.92 Å². The van der Waals surface area contributed by atoms with Gasteiger partial charge < -0.3 is 20.6 Å². The van der Waals surface area contributed by atoms with Crippen LogP contribution in [0.5, 0.6) is 0 Å². The molecule has 2 heterocycles. The second-order valence-electron chi connectivity index (χ2n) is 8.54. The van der Waals surface area contributed by atoms with Crippen LogP contribution in [0.15, 0.2) is 48.8 Å². The molecule has 0 aliphatic heterocycles. The number of amides is 1. The van der Waals surface area contributed by atoms with Gasteiger partial charge in [-0.15, -0.1) is 0 Å². The average Bonchev–Trinajstić information content (AvgIpc) is 2.92. The summed E-state index contributed by atoms with van der Waals surface area (Å²) in [7, 11) is -3.66. The number of aliphatic hydroxyl groups is 1. The van der Waals surface area contributed by atoms with Crippen molar-refractivity contribution < 1.29 is 31.5 Å². The Bertz CT molecular complexity index is 1400. The van der Waals surface area contributed by atoms with Crippen molar-refractivity contribution in [3.63, 3.8) is 0 Å². The van der Waals surface area contributed by atoms with E-state index in [0.717, 1.165) is 6.42 Å². The lowest BCUT2D eigenvalue weighted by Crippen LogP contribution is -2.34. The van der Waals surface area contributed by atoms with Crippen molar-refractivity contribution >= 4 is 39.2 Å². The predicted octanol–water partition coefficient (Wildman–Crippen LogP) is 3.85. The number of rotatable bonds is 13. The fourth-order valence-electron chi connectivity index (χ4n) is 3.57. The third-order valence-corrected chi connectivity index (χ3v) is 6.87. The average molecular weight is 582 g/mol. The Labute approximate surface area is 229 Å². The maximum Gasteiger partial charge on any atom is 0.421 e. The molecule has 0 aliphatic rings. The second kappa shape index (κ2) is 13.4. The van der Waals surface area contributed by atoms with Crippen molar-refractivity contribution in [3.8, 4) is 0 Å². The minimum atomic E-state index is -4.76. The highest BCUT2D eigenvalue weighted by atomic mass is 32.2. The van der Waals surface area contributed by atoms with Crippen molar-refractivity contribution in [1.82, 2.24) is 19.9 Å². The molecule has 0 radical (unpaired) electrons. The van der Waals surface area contributed by atoms with Crippen LogP contribution >= 0.6 is 0 Å². The van der Waals surface area contributed by atoms with Gasteiger partial charge in [-0.25, -0.2) is 18.4 Å². The van der Waals surface area contributed by atoms with E-state index in [1.54, 1.807) is 24.3 Å². The molecule has 0 unspecified atom stereocenters. The highest BCUT2D eigenvalue weighted by Gasteiger charge is 2.35. The number of anilines is 4. The highest BCUT2D eigenvalue weighted by Crippen LogP contribution is 2.34. The van der Waals surface area contributed by atoms with Crippen molar-refractivity contribution in [2.75, 3.05) is 40.8 Å². The number of pyridine rings is 1. The Hall–Kier alpha value is -3.98. The number of aromatic nitrogens is 3. The Kier molecular flexibility index (Phi) is 10.2. The molecule has 15 heteroatoms. The van der Waals surface area contributed by atoms with E-state index in [1.165, 1.54) is 30.2 Å². The number of nitrogens with one attached hydrogen (secondary N) is 3. The van der Waals surface area contributed by atoms with Crippen molar-refractivity contribution in [3.05, 3.63) is 65.5 Å². The first-order valence-electron chi connectivity index (χ1n) is 12.4. The number of alkyl halides is 3. The van der Waals surface area contributed by atoms with Gasteiger partial charge in [-0.3, -0.25) is 9.52 Å². The number of hydrogen-bond acceptors (Lipinski definition) is 9. The molecular weight excluding hydrogens is 551 g/mol. The van der Waals surface area contributed by atoms with Gasteiger partial charge in [-0.2, -0.15) is 18.2 Å². The summed E-state index contributed by atoms with van der Waals surface area (Å²) in [4.78, 5) is 26.0. The number of halogens is 3. The molecule has 0 saturated heterocycles. The van der Waals surface area contributed by atoms with Gasteiger partial charge in [0.1, 0.15) is 17.2 Å². The molecule has 0 aliphatic carbocycles. The Morgan fingerprint density at radius 1 is 1.05 bits per heavy atom. The first kappa shape index (κ1) is 30.6. The molecule has 2 aromatic heterocycles. The molecule has 3 aromatic rings. The minimum Gasteiger partial charge on any atom is -0.395 e. The van der Waals surface area contributed by atoms with Gasteiger partial charge in [0, 0.05) is 48.8 Å². The Balaban J connectivity index is 1.81. The maximum atomic E-state index is 13.7. The quantitative estimate of drug-likeness (QED) is 0.236. The molecule has 0 atom stereocenters. The van der Waals surface area contributed by atoms with Gasteiger partial charge in [0.25, 0.3) is 5.91 Å². The predicted molar refractivity (Wildman–Crippen MR) is 145 cm³/mol. The van der Waals surface area contributed by atoms with Crippen molar-refractivity contribution in [1.29, 1.82) is 0 Å². The van der Waals surface area contributed by atoms with Crippen LogP contribution < -0.4 is 15.4 Å². The summed E-state index contributed by atoms with van der Waals surface area (Å²) in [6.07, 6.45) is -2.04. The van der Waals surface area contributed by atoms with Crippen LogP contribution in [0.1, 0.15) is 41.8 Å². The minimum absolute atomic E-state index is 0.0102. The normalized spacial score (nSPS) is 11.7. The van der Waals surface area contributed by atoms with Gasteiger partial charge in [0.2, 0.25) is 16.0 Å². The molecule has 0 fully saturated rings. The van der Waals surface area contributed by atoms with Crippen LogP contribution in [0.2, 0.25) is 0 Å². The van der Waals surface area contributed by atoms with Gasteiger partial charge in [-0.1, -0.05) is 13.0 Å². The van der Waals surface area contributed by atoms with Gasteiger partial charge in [0.05, 0.1) is 12.4 Å². The van der Waals surface area contributed by atoms with E-state index in [2.05, 4.69) is 30.3 Å². The Morgan fingerprint density at radius 3 is 2.40 bits per heavy atom. The van der Waals surface area contributed by atoms with Crippen LogP contribution in [-0.2, 0) is 22.7 Å². The standard InChI is InChI=1S/C25H30F3N7O4S/c1-3-12-35(13-14-36)23(37)17-7-9-19(10-8-17)32-24-31-16-20(25(26,27)28)22(33-24)30-15-18-6-5-11-29-21(18)34-40(38,39)4-2/h5-11,16,36H,3-4,12-15H2,1-2H3,(H,29,34)(H2,30,31,32,33). The number of nitrogens with zero attached hydrogens (tertiary/aromatic N) is 4. The maximum absolute atomic E-state index is 13.7. The summed E-state index contributed by atoms with van der Waals surface area (Å²) in [6.45, 7) is 3.67. The van der Waals surface area contributed by atoms with Crippen LogP contribution in [0.3, 0.4) is 0 Å². The monoisotopic (exact) mass is 581 g/mol. The number of hydrogen-bond donors (Lipinski definition) is 4. The molecule has 11 nitrogen and oxygen atoms in total. The molecule has 0 saturated carbocycles. The summed E-state index contributed by atoms with van der Waals surface area (Å²) >= 11 is 0. The van der Waals surface area contributed by atoms with Crippen molar-refractivity contribution in [2.45, 2.75) is 33.0 Å². The second-order valence-corrected chi connectivity index (χ2v) is 10.6. The molecule has 0 bridgehead atoms. The van der Waals surface area contributed by atoms with E-state index in [4.69, 9.17) is 0 Å². The van der Waals surface area contributed by atoms with Crippen molar-refractivity contribution in [2.24, 2.45) is 0 Å². The van der Waals surface area contributed by atoms with Gasteiger partial charge >= 0.3 is 6.18 Å². The summed E-state index contributed by atoms with van der Waals surface area (Å²) < 4.78 is 67.3. The number of sulfonamides is 1. The zero-order valence-corrected chi connectivity index (χ0v) is 22.7. The lowest BCUT2D eigenvalue weighted by molar-refractivity contribution is -0.137. The number of benzene rings is 1. The first-order valence-corrected chi connectivity index (χ1v) is 14.0. The molecular formula is C25H30F3N7O4S. The fourth-order valence-corrected chi connectivity index (χ4v) is 4.19. The summed E-state index contributed by atoms with van der Waals surface area (Å²) in [6, 6.07) is 9.27. The van der Waals surface area contributed by atoms with E-state index < -0.39 is 27.6 Å². The van der Waals surface area contributed by atoms with Crippen LogP contribution in [0, 0.1) is 0 Å². The number of carbonyl (C=O) groups is 1. The van der Waals surface area contributed by atoms with Gasteiger partial charge in [-0.05, 0) is 43.7 Å². The van der Waals surface area contributed by atoms with Crippen LogP contribution in [0.25, 0.3) is 0 Å². The lowest BCUT2D eigenvalue weighted by atomic mass is 10.1. The molecule has 1 amide bonds. The largest absolute Gasteiger partial charge is 0.421 e. The zero-order valence-electron chi connectivity index (χ0n) is 21.9. The van der Waals surface area contributed by atoms with E-state index in [9.17, 15) is 31.5 Å². The molecule has 0 spiro atoms. The van der Waals surface area contributed by atoms with E-state index >= 15 is 0 Å². The van der Waals surface area contributed by atoms with E-state index in [0.29, 0.717) is 29.6 Å². The van der Waals surface area contributed by atoms with Crippen LogP contribution in [0.4, 0.5) is 36.4 Å². The summed E-state index contributed by atoms with van der Waals surface area (Å²) in [5, 5.41) is 14.6. The zero-order chi connectivity index (χ0) is 29.3. The number of aliphatic hydroxyl groups excluding tert-OH is 1. The molecule has 1 aromatic carbocycles. The molecule has 40 heavy (non-hydrogen) atoms. The third kappa shape index (κ3) is 8.26. The summed E-state index contributed by atoms with van der Waals surface area (Å²) in [5.41, 5.74) is 0.00176. The SMILES string of the molecule is CCCN(CCO)C(=O)c1ccc(Nc2ncc(C(F)(F)F)c(NCc3cccnc3NS(=O)(=O)CC)n2)cc1. The topological polar surface area (TPSA) is 149 Å². The van der Waals surface area contributed by atoms with E-state index in [-0.39, 0.29) is 43.1 Å². The lowest BCUT2D eigenvalue weighted by Gasteiger charge is -2.21. The van der Waals surface area contributed by atoms with Crippen LogP contribution in [-0.4, -0.2) is 64.7 Å². The Morgan fingerprint density at radius 2 is 1.77 bits per heavy atom. The molecule has 4 N–H and O–H groups in total. The first-order chi connectivity index (χ1) is 19.0.